The molecule has 0 aliphatic carbocycles. The van der Waals surface area contributed by atoms with Crippen molar-refractivity contribution in [2.75, 3.05) is 32.8 Å². The molecule has 1 aromatic carbocycles. The Morgan fingerprint density at radius 1 is 1.15 bits per heavy atom. The third kappa shape index (κ3) is 3.61. The zero-order chi connectivity index (χ0) is 17.8. The normalized spacial score (nSPS) is 16.5. The summed E-state index contributed by atoms with van der Waals surface area (Å²) in [6, 6.07) is 15.2. The molecule has 1 N–H and O–H groups in total. The number of carbonyl (C=O) groups excluding carboxylic acids is 1. The Balaban J connectivity index is 1.49. The standard InChI is InChI=1S/C20H21N3O3/c24-20(19-13-15-5-1-2-7-18(15)26-19)22-14-17(16-6-3-4-8-21-16)23-9-11-25-12-10-23/h1-8,13,17H,9-12,14H2,(H,22,24)/t17-/m1/s1. The van der Waals surface area contributed by atoms with Gasteiger partial charge in [-0.15, -0.1) is 0 Å². The lowest BCUT2D eigenvalue weighted by Crippen LogP contribution is -2.44. The largest absolute Gasteiger partial charge is 0.451 e. The van der Waals surface area contributed by atoms with Crippen molar-refractivity contribution in [3.63, 3.8) is 0 Å². The lowest BCUT2D eigenvalue weighted by atomic mass is 10.1. The van der Waals surface area contributed by atoms with Crippen LogP contribution in [0.4, 0.5) is 0 Å². The van der Waals surface area contributed by atoms with Gasteiger partial charge in [0, 0.05) is 31.2 Å². The molecule has 0 spiro atoms. The fourth-order valence-corrected chi connectivity index (χ4v) is 3.25. The summed E-state index contributed by atoms with van der Waals surface area (Å²) in [7, 11) is 0. The summed E-state index contributed by atoms with van der Waals surface area (Å²) in [6.07, 6.45) is 1.78. The highest BCUT2D eigenvalue weighted by molar-refractivity contribution is 5.96. The number of hydrogen-bond acceptors (Lipinski definition) is 5. The molecule has 4 rings (SSSR count). The smallest absolute Gasteiger partial charge is 0.287 e. The van der Waals surface area contributed by atoms with Crippen LogP contribution in [0.1, 0.15) is 22.3 Å². The average molecular weight is 351 g/mol. The van der Waals surface area contributed by atoms with E-state index >= 15 is 0 Å². The molecule has 0 saturated carbocycles. The molecule has 1 fully saturated rings. The number of morpholine rings is 1. The van der Waals surface area contributed by atoms with Crippen LogP contribution < -0.4 is 5.32 Å². The molecule has 134 valence electrons. The summed E-state index contributed by atoms with van der Waals surface area (Å²) >= 11 is 0. The molecular weight excluding hydrogens is 330 g/mol. The van der Waals surface area contributed by atoms with Gasteiger partial charge in [0.1, 0.15) is 5.58 Å². The maximum atomic E-state index is 12.6. The topological polar surface area (TPSA) is 67.6 Å². The molecule has 0 radical (unpaired) electrons. The van der Waals surface area contributed by atoms with Crippen molar-refractivity contribution in [2.24, 2.45) is 0 Å². The number of carbonyl (C=O) groups is 1. The molecular formula is C20H21N3O3. The van der Waals surface area contributed by atoms with Gasteiger partial charge < -0.3 is 14.5 Å². The Kier molecular flexibility index (Phi) is 4.95. The number of benzene rings is 1. The fraction of sp³-hybridized carbons (Fsp3) is 0.300. The van der Waals surface area contributed by atoms with Crippen LogP contribution >= 0.6 is 0 Å². The Labute approximate surface area is 151 Å². The van der Waals surface area contributed by atoms with E-state index in [1.165, 1.54) is 0 Å². The van der Waals surface area contributed by atoms with Gasteiger partial charge in [0.25, 0.3) is 5.91 Å². The van der Waals surface area contributed by atoms with Crippen molar-refractivity contribution in [1.29, 1.82) is 0 Å². The van der Waals surface area contributed by atoms with Gasteiger partial charge in [-0.05, 0) is 24.3 Å². The summed E-state index contributed by atoms with van der Waals surface area (Å²) in [5.74, 6) is 0.114. The number of ether oxygens (including phenoxy) is 1. The number of rotatable bonds is 5. The zero-order valence-electron chi connectivity index (χ0n) is 14.4. The number of hydrogen-bond donors (Lipinski definition) is 1. The van der Waals surface area contributed by atoms with E-state index < -0.39 is 0 Å². The van der Waals surface area contributed by atoms with Gasteiger partial charge in [-0.25, -0.2) is 0 Å². The van der Waals surface area contributed by atoms with Gasteiger partial charge in [0.15, 0.2) is 5.76 Å². The van der Waals surface area contributed by atoms with E-state index in [1.54, 1.807) is 12.3 Å². The summed E-state index contributed by atoms with van der Waals surface area (Å²) in [5.41, 5.74) is 1.66. The van der Waals surface area contributed by atoms with E-state index in [-0.39, 0.29) is 11.9 Å². The van der Waals surface area contributed by atoms with Crippen LogP contribution in [-0.2, 0) is 4.74 Å². The first-order valence-corrected chi connectivity index (χ1v) is 8.81. The number of pyridine rings is 1. The third-order valence-electron chi connectivity index (χ3n) is 4.62. The van der Waals surface area contributed by atoms with Gasteiger partial charge in [0.2, 0.25) is 0 Å². The zero-order valence-corrected chi connectivity index (χ0v) is 14.4. The molecule has 1 saturated heterocycles. The van der Waals surface area contributed by atoms with Crippen LogP contribution in [0.5, 0.6) is 0 Å². The van der Waals surface area contributed by atoms with Crippen molar-refractivity contribution in [3.05, 3.63) is 66.2 Å². The molecule has 2 aromatic heterocycles. The highest BCUT2D eigenvalue weighted by Crippen LogP contribution is 2.21. The van der Waals surface area contributed by atoms with Crippen molar-refractivity contribution in [1.82, 2.24) is 15.2 Å². The third-order valence-corrected chi connectivity index (χ3v) is 4.62. The number of amides is 1. The van der Waals surface area contributed by atoms with Gasteiger partial charge in [-0.1, -0.05) is 24.3 Å². The number of nitrogens with one attached hydrogen (secondary N) is 1. The van der Waals surface area contributed by atoms with Gasteiger partial charge in [-0.3, -0.25) is 14.7 Å². The lowest BCUT2D eigenvalue weighted by Gasteiger charge is -2.34. The predicted octanol–water partition coefficient (Wildman–Crippen LogP) is 2.63. The Morgan fingerprint density at radius 2 is 1.96 bits per heavy atom. The maximum absolute atomic E-state index is 12.6. The van der Waals surface area contributed by atoms with Crippen LogP contribution in [0.2, 0.25) is 0 Å². The molecule has 3 heterocycles. The minimum atomic E-state index is -0.213. The first-order valence-electron chi connectivity index (χ1n) is 8.81. The molecule has 6 heteroatoms. The van der Waals surface area contributed by atoms with E-state index in [4.69, 9.17) is 9.15 Å². The summed E-state index contributed by atoms with van der Waals surface area (Å²) < 4.78 is 11.1. The number of aromatic nitrogens is 1. The van der Waals surface area contributed by atoms with Crippen LogP contribution in [0.3, 0.4) is 0 Å². The van der Waals surface area contributed by atoms with Crippen LogP contribution in [0.25, 0.3) is 11.0 Å². The molecule has 1 aliphatic rings. The highest BCUT2D eigenvalue weighted by atomic mass is 16.5. The fourth-order valence-electron chi connectivity index (χ4n) is 3.25. The van der Waals surface area contributed by atoms with Gasteiger partial charge in [0.05, 0.1) is 24.9 Å². The monoisotopic (exact) mass is 351 g/mol. The summed E-state index contributed by atoms with van der Waals surface area (Å²) in [6.45, 7) is 3.50. The Bertz CT molecular complexity index is 839. The minimum absolute atomic E-state index is 0.00780. The molecule has 1 aliphatic heterocycles. The van der Waals surface area contributed by atoms with Gasteiger partial charge in [-0.2, -0.15) is 0 Å². The quantitative estimate of drug-likeness (QED) is 0.765. The average Bonchev–Trinajstić information content (AvgIpc) is 3.14. The number of fused-ring (bicyclic) bond motifs is 1. The second-order valence-corrected chi connectivity index (χ2v) is 6.28. The minimum Gasteiger partial charge on any atom is -0.451 e. The Hall–Kier alpha value is -2.70. The number of para-hydroxylation sites is 1. The summed E-state index contributed by atoms with van der Waals surface area (Å²) in [5, 5.41) is 3.92. The molecule has 1 amide bonds. The van der Waals surface area contributed by atoms with E-state index in [0.29, 0.717) is 31.1 Å². The predicted molar refractivity (Wildman–Crippen MR) is 97.9 cm³/mol. The first-order chi connectivity index (χ1) is 12.8. The van der Waals surface area contributed by atoms with Crippen LogP contribution in [-0.4, -0.2) is 48.6 Å². The Morgan fingerprint density at radius 3 is 2.73 bits per heavy atom. The molecule has 0 unspecified atom stereocenters. The number of furan rings is 1. The maximum Gasteiger partial charge on any atom is 0.287 e. The highest BCUT2D eigenvalue weighted by Gasteiger charge is 2.24. The van der Waals surface area contributed by atoms with E-state index in [9.17, 15) is 4.79 Å². The van der Waals surface area contributed by atoms with E-state index in [2.05, 4.69) is 15.2 Å². The number of nitrogens with zero attached hydrogens (tertiary/aromatic N) is 2. The molecule has 26 heavy (non-hydrogen) atoms. The molecule has 6 nitrogen and oxygen atoms in total. The second kappa shape index (κ2) is 7.68. The molecule has 3 aromatic rings. The molecule has 0 bridgehead atoms. The van der Waals surface area contributed by atoms with Crippen LogP contribution in [0.15, 0.2) is 59.1 Å². The molecule has 1 atom stereocenters. The van der Waals surface area contributed by atoms with Crippen molar-refractivity contribution in [2.45, 2.75) is 6.04 Å². The van der Waals surface area contributed by atoms with E-state index in [0.717, 1.165) is 24.2 Å². The van der Waals surface area contributed by atoms with Gasteiger partial charge >= 0.3 is 0 Å². The van der Waals surface area contributed by atoms with Crippen molar-refractivity contribution in [3.8, 4) is 0 Å². The van der Waals surface area contributed by atoms with Crippen molar-refractivity contribution >= 4 is 16.9 Å². The lowest BCUT2D eigenvalue weighted by molar-refractivity contribution is 0.0153. The van der Waals surface area contributed by atoms with E-state index in [1.807, 2.05) is 42.5 Å². The van der Waals surface area contributed by atoms with Crippen molar-refractivity contribution < 1.29 is 13.9 Å². The summed E-state index contributed by atoms with van der Waals surface area (Å²) in [4.78, 5) is 19.3. The SMILES string of the molecule is O=C(NC[C@H](c1ccccn1)N1CCOCC1)c1cc2ccccc2o1. The first kappa shape index (κ1) is 16.8. The van der Waals surface area contributed by atoms with Crippen LogP contribution in [0, 0.1) is 0 Å². The second-order valence-electron chi connectivity index (χ2n) is 6.28.